The number of rotatable bonds is 5. The van der Waals surface area contributed by atoms with Gasteiger partial charge in [0.05, 0.1) is 5.56 Å². The number of aryl methyl sites for hydroxylation is 4. The van der Waals surface area contributed by atoms with Crippen molar-refractivity contribution in [1.82, 2.24) is 15.2 Å². The molecule has 30 heavy (non-hydrogen) atoms. The summed E-state index contributed by atoms with van der Waals surface area (Å²) in [4.78, 5) is 23.3. The van der Waals surface area contributed by atoms with Crippen LogP contribution in [0.4, 0.5) is 0 Å². The Labute approximate surface area is 185 Å². The Bertz CT molecular complexity index is 927. The molecular weight excluding hydrogens is 390 g/mol. The second-order valence-electron chi connectivity index (χ2n) is 9.04. The molecule has 4 rings (SSSR count). The molecule has 0 bridgehead atoms. The maximum absolute atomic E-state index is 13.6. The summed E-state index contributed by atoms with van der Waals surface area (Å²) in [5.41, 5.74) is 6.96. The minimum Gasteiger partial charge on any atom is -0.334 e. The van der Waals surface area contributed by atoms with E-state index in [0.29, 0.717) is 6.54 Å². The lowest BCUT2D eigenvalue weighted by molar-refractivity contribution is 0.0747. The van der Waals surface area contributed by atoms with Gasteiger partial charge in [-0.05, 0) is 101 Å². The van der Waals surface area contributed by atoms with Crippen molar-refractivity contribution in [3.63, 3.8) is 0 Å². The fraction of sp³-hybridized carbons (Fsp3) is 0.600. The molecule has 0 aromatic carbocycles. The minimum atomic E-state index is 0.231. The number of carbonyl (C=O) groups excluding carboxylic acids is 1. The second kappa shape index (κ2) is 9.19. The Morgan fingerprint density at radius 2 is 2.00 bits per heavy atom. The van der Waals surface area contributed by atoms with Crippen LogP contribution in [0.2, 0.25) is 0 Å². The molecule has 0 unspecified atom stereocenters. The molecule has 162 valence electrons. The second-order valence-corrected chi connectivity index (χ2v) is 10.2. The third kappa shape index (κ3) is 4.33. The number of hydrogen-bond acceptors (Lipinski definition) is 4. The van der Waals surface area contributed by atoms with Crippen molar-refractivity contribution in [2.75, 3.05) is 19.6 Å². The molecule has 2 aliphatic rings. The van der Waals surface area contributed by atoms with E-state index in [-0.39, 0.29) is 5.91 Å². The van der Waals surface area contributed by atoms with Gasteiger partial charge in [0.2, 0.25) is 0 Å². The summed E-state index contributed by atoms with van der Waals surface area (Å²) in [6.45, 7) is 12.3. The van der Waals surface area contributed by atoms with Crippen molar-refractivity contribution in [3.8, 4) is 0 Å². The molecule has 0 aliphatic carbocycles. The molecule has 1 N–H and O–H groups in total. The zero-order valence-corrected chi connectivity index (χ0v) is 19.8. The number of carbonyl (C=O) groups is 1. The Hall–Kier alpha value is -1.72. The van der Waals surface area contributed by atoms with Gasteiger partial charge in [-0.15, -0.1) is 11.3 Å². The van der Waals surface area contributed by atoms with E-state index in [1.165, 1.54) is 39.3 Å². The molecule has 0 radical (unpaired) electrons. The van der Waals surface area contributed by atoms with Crippen molar-refractivity contribution >= 4 is 17.2 Å². The highest BCUT2D eigenvalue weighted by molar-refractivity contribution is 7.12. The first kappa shape index (κ1) is 21.5. The highest BCUT2D eigenvalue weighted by Gasteiger charge is 2.29. The van der Waals surface area contributed by atoms with E-state index in [1.54, 1.807) is 0 Å². The number of amides is 1. The zero-order chi connectivity index (χ0) is 21.3. The molecule has 0 atom stereocenters. The van der Waals surface area contributed by atoms with Gasteiger partial charge in [0.1, 0.15) is 0 Å². The van der Waals surface area contributed by atoms with Crippen molar-refractivity contribution in [2.45, 2.75) is 72.8 Å². The van der Waals surface area contributed by atoms with E-state index >= 15 is 0 Å². The summed E-state index contributed by atoms with van der Waals surface area (Å²) in [5.74, 6) is 0.988. The van der Waals surface area contributed by atoms with Gasteiger partial charge in [-0.3, -0.25) is 9.78 Å². The van der Waals surface area contributed by atoms with Crippen molar-refractivity contribution in [2.24, 2.45) is 5.92 Å². The zero-order valence-electron chi connectivity index (χ0n) is 18.9. The summed E-state index contributed by atoms with van der Waals surface area (Å²) in [5, 5.41) is 3.46. The van der Waals surface area contributed by atoms with Gasteiger partial charge in [0.15, 0.2) is 0 Å². The first-order valence-electron chi connectivity index (χ1n) is 11.5. The number of nitrogens with zero attached hydrogens (tertiary/aromatic N) is 2. The van der Waals surface area contributed by atoms with E-state index in [0.717, 1.165) is 68.2 Å². The number of pyridine rings is 1. The predicted molar refractivity (Wildman–Crippen MR) is 125 cm³/mol. The number of nitrogens with one attached hydrogen (secondary N) is 1. The fourth-order valence-corrected chi connectivity index (χ4v) is 6.56. The van der Waals surface area contributed by atoms with Gasteiger partial charge in [-0.2, -0.15) is 0 Å². The SMILES string of the molecule is CCc1nc(C)cc(C)c1CN1CCCc2sc(CC3CCNCC3)c(C)c2C1=O. The van der Waals surface area contributed by atoms with E-state index in [4.69, 9.17) is 4.98 Å². The summed E-state index contributed by atoms with van der Waals surface area (Å²) >= 11 is 1.91. The molecule has 0 spiro atoms. The van der Waals surface area contributed by atoms with Crippen LogP contribution in [0.15, 0.2) is 6.07 Å². The van der Waals surface area contributed by atoms with Gasteiger partial charge in [-0.25, -0.2) is 0 Å². The lowest BCUT2D eigenvalue weighted by atomic mass is 9.92. The molecule has 1 amide bonds. The normalized spacial score (nSPS) is 17.9. The lowest BCUT2D eigenvalue weighted by Gasteiger charge is -2.24. The Morgan fingerprint density at radius 3 is 2.73 bits per heavy atom. The molecule has 0 saturated carbocycles. The molecular formula is C25H35N3OS. The Kier molecular flexibility index (Phi) is 6.59. The van der Waals surface area contributed by atoms with Crippen LogP contribution in [-0.4, -0.2) is 35.4 Å². The summed E-state index contributed by atoms with van der Waals surface area (Å²) < 4.78 is 0. The van der Waals surface area contributed by atoms with Crippen LogP contribution in [0.3, 0.4) is 0 Å². The average Bonchev–Trinajstić information content (AvgIpc) is 2.94. The number of fused-ring (bicyclic) bond motifs is 1. The predicted octanol–water partition coefficient (Wildman–Crippen LogP) is 4.76. The molecule has 4 nitrogen and oxygen atoms in total. The van der Waals surface area contributed by atoms with Crippen LogP contribution in [-0.2, 0) is 25.8 Å². The third-order valence-corrected chi connectivity index (χ3v) is 8.20. The maximum atomic E-state index is 13.6. The molecule has 5 heteroatoms. The summed E-state index contributed by atoms with van der Waals surface area (Å²) in [6.07, 6.45) is 6.62. The molecule has 2 aliphatic heterocycles. The molecule has 4 heterocycles. The van der Waals surface area contributed by atoms with Crippen LogP contribution >= 0.6 is 11.3 Å². The van der Waals surface area contributed by atoms with E-state index in [1.807, 2.05) is 11.3 Å². The Morgan fingerprint density at radius 1 is 1.23 bits per heavy atom. The third-order valence-electron chi connectivity index (χ3n) is 6.83. The van der Waals surface area contributed by atoms with Crippen molar-refractivity contribution in [1.29, 1.82) is 0 Å². The molecule has 1 saturated heterocycles. The smallest absolute Gasteiger partial charge is 0.255 e. The number of thiophene rings is 1. The van der Waals surface area contributed by atoms with Crippen LogP contribution in [0.5, 0.6) is 0 Å². The van der Waals surface area contributed by atoms with Crippen molar-refractivity contribution < 1.29 is 4.79 Å². The van der Waals surface area contributed by atoms with E-state index in [9.17, 15) is 4.79 Å². The Balaban J connectivity index is 1.59. The quantitative estimate of drug-likeness (QED) is 0.751. The highest BCUT2D eigenvalue weighted by Crippen LogP contribution is 2.35. The lowest BCUT2D eigenvalue weighted by Crippen LogP contribution is -2.31. The summed E-state index contributed by atoms with van der Waals surface area (Å²) in [7, 11) is 0. The fourth-order valence-electron chi connectivity index (χ4n) is 5.10. The standard InChI is InChI=1S/C25H35N3OS/c1-5-21-20(16(2)13-17(3)27-21)15-28-12-6-7-22-24(25(28)29)18(4)23(30-22)14-19-8-10-26-11-9-19/h13,19,26H,5-12,14-15H2,1-4H3. The number of piperidine rings is 1. The van der Waals surface area contributed by atoms with Gasteiger partial charge in [0.25, 0.3) is 5.91 Å². The monoisotopic (exact) mass is 425 g/mol. The van der Waals surface area contributed by atoms with Gasteiger partial charge in [0, 0.05) is 34.2 Å². The highest BCUT2D eigenvalue weighted by atomic mass is 32.1. The van der Waals surface area contributed by atoms with Crippen LogP contribution in [0.1, 0.15) is 74.4 Å². The summed E-state index contributed by atoms with van der Waals surface area (Å²) in [6, 6.07) is 2.15. The van der Waals surface area contributed by atoms with Crippen LogP contribution in [0.25, 0.3) is 0 Å². The van der Waals surface area contributed by atoms with Crippen LogP contribution < -0.4 is 5.32 Å². The number of aromatic nitrogens is 1. The largest absolute Gasteiger partial charge is 0.334 e. The molecule has 2 aromatic heterocycles. The molecule has 1 fully saturated rings. The molecule has 2 aromatic rings. The van der Waals surface area contributed by atoms with Crippen LogP contribution in [0, 0.1) is 26.7 Å². The van der Waals surface area contributed by atoms with Crippen molar-refractivity contribution in [3.05, 3.63) is 49.5 Å². The van der Waals surface area contributed by atoms with Gasteiger partial charge >= 0.3 is 0 Å². The first-order chi connectivity index (χ1) is 14.5. The number of hydrogen-bond donors (Lipinski definition) is 1. The topological polar surface area (TPSA) is 45.2 Å². The van der Waals surface area contributed by atoms with Gasteiger partial charge in [-0.1, -0.05) is 6.92 Å². The average molecular weight is 426 g/mol. The van der Waals surface area contributed by atoms with Gasteiger partial charge < -0.3 is 10.2 Å². The first-order valence-corrected chi connectivity index (χ1v) is 12.4. The minimum absolute atomic E-state index is 0.231. The maximum Gasteiger partial charge on any atom is 0.255 e. The van der Waals surface area contributed by atoms with E-state index in [2.05, 4.69) is 44.0 Å². The van der Waals surface area contributed by atoms with E-state index < -0.39 is 0 Å².